The van der Waals surface area contributed by atoms with Crippen molar-refractivity contribution in [1.82, 2.24) is 19.8 Å². The van der Waals surface area contributed by atoms with Crippen molar-refractivity contribution >= 4 is 5.91 Å². The van der Waals surface area contributed by atoms with E-state index in [0.717, 1.165) is 44.7 Å². The van der Waals surface area contributed by atoms with Crippen LogP contribution >= 0.6 is 0 Å². The molecule has 2 aliphatic heterocycles. The largest absolute Gasteiger partial charge is 0.365 e. The molecule has 1 aromatic heterocycles. The second-order valence-electron chi connectivity index (χ2n) is 6.14. The molecule has 0 aromatic carbocycles. The number of ether oxygens (including phenoxy) is 1. The third kappa shape index (κ3) is 3.03. The lowest BCUT2D eigenvalue weighted by Crippen LogP contribution is -2.53. The summed E-state index contributed by atoms with van der Waals surface area (Å²) in [5.74, 6) is 1.10. The van der Waals surface area contributed by atoms with Gasteiger partial charge in [0.25, 0.3) is 5.91 Å². The van der Waals surface area contributed by atoms with Crippen LogP contribution in [0.1, 0.15) is 45.0 Å². The van der Waals surface area contributed by atoms with Crippen molar-refractivity contribution in [2.75, 3.05) is 26.2 Å². The standard InChI is InChI=1S/C16H26N4O2/c1-3-12-5-6-14(22-12)16(21)20-10-9-19(4-2)13(11-20)15-17-7-8-18-15/h7-8,12-14H,3-6,9-11H2,1-2H3,(H,17,18)/t12-,13-,14-/m1/s1. The summed E-state index contributed by atoms with van der Waals surface area (Å²) in [6, 6.07) is 0.154. The molecule has 3 atom stereocenters. The van der Waals surface area contributed by atoms with E-state index in [4.69, 9.17) is 4.74 Å². The van der Waals surface area contributed by atoms with Gasteiger partial charge >= 0.3 is 0 Å². The van der Waals surface area contributed by atoms with Gasteiger partial charge in [0.05, 0.1) is 12.1 Å². The lowest BCUT2D eigenvalue weighted by atomic mass is 10.1. The summed E-state index contributed by atoms with van der Waals surface area (Å²) in [5.41, 5.74) is 0. The number of piperazine rings is 1. The molecule has 0 aliphatic carbocycles. The molecule has 0 radical (unpaired) electrons. The number of nitrogens with one attached hydrogen (secondary N) is 1. The summed E-state index contributed by atoms with van der Waals surface area (Å²) in [5, 5.41) is 0. The molecule has 0 spiro atoms. The number of imidazole rings is 1. The van der Waals surface area contributed by atoms with Gasteiger partial charge in [0.2, 0.25) is 0 Å². The maximum Gasteiger partial charge on any atom is 0.251 e. The number of H-pyrrole nitrogens is 1. The zero-order valence-corrected chi connectivity index (χ0v) is 13.5. The molecule has 0 saturated carbocycles. The van der Waals surface area contributed by atoms with Gasteiger partial charge in [0.1, 0.15) is 11.9 Å². The molecule has 6 nitrogen and oxygen atoms in total. The lowest BCUT2D eigenvalue weighted by Gasteiger charge is -2.40. The molecular formula is C16H26N4O2. The van der Waals surface area contributed by atoms with Crippen molar-refractivity contribution in [3.8, 4) is 0 Å². The number of carbonyl (C=O) groups is 1. The van der Waals surface area contributed by atoms with Gasteiger partial charge in [0, 0.05) is 32.0 Å². The average molecular weight is 306 g/mol. The molecule has 22 heavy (non-hydrogen) atoms. The Hall–Kier alpha value is -1.40. The Labute approximate surface area is 131 Å². The van der Waals surface area contributed by atoms with E-state index in [1.165, 1.54) is 0 Å². The van der Waals surface area contributed by atoms with E-state index < -0.39 is 0 Å². The number of aromatic nitrogens is 2. The van der Waals surface area contributed by atoms with Crippen LogP contribution in [0.25, 0.3) is 0 Å². The van der Waals surface area contributed by atoms with Gasteiger partial charge in [-0.2, -0.15) is 0 Å². The minimum atomic E-state index is -0.240. The Balaban J connectivity index is 1.66. The number of likely N-dealkylation sites (N-methyl/N-ethyl adjacent to an activating group) is 1. The highest BCUT2D eigenvalue weighted by molar-refractivity contribution is 5.81. The van der Waals surface area contributed by atoms with E-state index in [9.17, 15) is 4.79 Å². The molecule has 1 N–H and O–H groups in total. The number of rotatable bonds is 4. The van der Waals surface area contributed by atoms with Gasteiger partial charge < -0.3 is 14.6 Å². The molecule has 2 fully saturated rings. The minimum Gasteiger partial charge on any atom is -0.365 e. The maximum absolute atomic E-state index is 12.7. The van der Waals surface area contributed by atoms with Crippen LogP contribution in [0.5, 0.6) is 0 Å². The number of carbonyl (C=O) groups excluding carboxylic acids is 1. The zero-order valence-electron chi connectivity index (χ0n) is 13.5. The predicted octanol–water partition coefficient (Wildman–Crippen LogP) is 1.57. The third-order valence-electron chi connectivity index (χ3n) is 4.88. The van der Waals surface area contributed by atoms with Crippen LogP contribution in [0.3, 0.4) is 0 Å². The number of amides is 1. The van der Waals surface area contributed by atoms with E-state index in [1.54, 1.807) is 6.20 Å². The molecule has 3 rings (SSSR count). The molecule has 1 amide bonds. The van der Waals surface area contributed by atoms with Crippen LogP contribution in [0, 0.1) is 0 Å². The number of aromatic amines is 1. The normalized spacial score (nSPS) is 29.9. The van der Waals surface area contributed by atoms with Gasteiger partial charge in [0.15, 0.2) is 0 Å². The van der Waals surface area contributed by atoms with Crippen LogP contribution < -0.4 is 0 Å². The number of hydrogen-bond acceptors (Lipinski definition) is 4. The van der Waals surface area contributed by atoms with Gasteiger partial charge in [-0.1, -0.05) is 13.8 Å². The smallest absolute Gasteiger partial charge is 0.251 e. The first kappa shape index (κ1) is 15.5. The van der Waals surface area contributed by atoms with E-state index in [0.29, 0.717) is 6.54 Å². The van der Waals surface area contributed by atoms with Crippen LogP contribution in [0.2, 0.25) is 0 Å². The van der Waals surface area contributed by atoms with E-state index in [1.807, 2.05) is 11.1 Å². The Morgan fingerprint density at radius 3 is 2.91 bits per heavy atom. The molecule has 6 heteroatoms. The van der Waals surface area contributed by atoms with Gasteiger partial charge in [-0.25, -0.2) is 4.98 Å². The van der Waals surface area contributed by atoms with Gasteiger partial charge in [-0.15, -0.1) is 0 Å². The van der Waals surface area contributed by atoms with Crippen LogP contribution in [0.4, 0.5) is 0 Å². The predicted molar refractivity (Wildman–Crippen MR) is 83.3 cm³/mol. The van der Waals surface area contributed by atoms with Crippen LogP contribution in [0.15, 0.2) is 12.4 Å². The first-order valence-corrected chi connectivity index (χ1v) is 8.40. The Morgan fingerprint density at radius 1 is 1.41 bits per heavy atom. The summed E-state index contributed by atoms with van der Waals surface area (Å²) in [4.78, 5) is 24.6. The average Bonchev–Trinajstić information content (AvgIpc) is 3.24. The number of nitrogens with zero attached hydrogens (tertiary/aromatic N) is 3. The summed E-state index contributed by atoms with van der Waals surface area (Å²) in [6.07, 6.45) is 6.48. The monoisotopic (exact) mass is 306 g/mol. The highest BCUT2D eigenvalue weighted by atomic mass is 16.5. The van der Waals surface area contributed by atoms with Crippen molar-refractivity contribution in [2.45, 2.75) is 51.4 Å². The number of hydrogen-bond donors (Lipinski definition) is 1. The fourth-order valence-corrected chi connectivity index (χ4v) is 3.51. The Bertz CT molecular complexity index is 490. The van der Waals surface area contributed by atoms with Crippen molar-refractivity contribution in [1.29, 1.82) is 0 Å². The topological polar surface area (TPSA) is 61.5 Å². The highest BCUT2D eigenvalue weighted by Gasteiger charge is 2.37. The van der Waals surface area contributed by atoms with Crippen LogP contribution in [-0.4, -0.2) is 64.1 Å². The molecule has 2 saturated heterocycles. The molecule has 1 aromatic rings. The van der Waals surface area contributed by atoms with Crippen molar-refractivity contribution in [3.63, 3.8) is 0 Å². The summed E-state index contributed by atoms with van der Waals surface area (Å²) in [7, 11) is 0. The molecule has 0 unspecified atom stereocenters. The first-order valence-electron chi connectivity index (χ1n) is 8.40. The second-order valence-corrected chi connectivity index (χ2v) is 6.14. The zero-order chi connectivity index (χ0) is 15.5. The molecule has 3 heterocycles. The third-order valence-corrected chi connectivity index (χ3v) is 4.88. The quantitative estimate of drug-likeness (QED) is 0.917. The summed E-state index contributed by atoms with van der Waals surface area (Å²) < 4.78 is 5.88. The molecular weight excluding hydrogens is 280 g/mol. The fourth-order valence-electron chi connectivity index (χ4n) is 3.51. The second kappa shape index (κ2) is 6.79. The highest BCUT2D eigenvalue weighted by Crippen LogP contribution is 2.27. The van der Waals surface area contributed by atoms with E-state index in [2.05, 4.69) is 28.7 Å². The van der Waals surface area contributed by atoms with Gasteiger partial charge in [-0.3, -0.25) is 9.69 Å². The van der Waals surface area contributed by atoms with Crippen molar-refractivity contribution < 1.29 is 9.53 Å². The molecule has 0 bridgehead atoms. The van der Waals surface area contributed by atoms with Crippen LogP contribution in [-0.2, 0) is 9.53 Å². The summed E-state index contributed by atoms with van der Waals surface area (Å²) in [6.45, 7) is 7.59. The molecule has 2 aliphatic rings. The lowest BCUT2D eigenvalue weighted by molar-refractivity contribution is -0.146. The Morgan fingerprint density at radius 2 is 2.27 bits per heavy atom. The van der Waals surface area contributed by atoms with E-state index in [-0.39, 0.29) is 24.2 Å². The summed E-state index contributed by atoms with van der Waals surface area (Å²) >= 11 is 0. The SMILES string of the molecule is CC[C@@H]1CC[C@H](C(=O)N2CCN(CC)[C@@H](c3ncc[nH]3)C2)O1. The van der Waals surface area contributed by atoms with Crippen molar-refractivity contribution in [2.24, 2.45) is 0 Å². The fraction of sp³-hybridized carbons (Fsp3) is 0.750. The van der Waals surface area contributed by atoms with Gasteiger partial charge in [-0.05, 0) is 25.8 Å². The molecule has 122 valence electrons. The maximum atomic E-state index is 12.7. The van der Waals surface area contributed by atoms with E-state index >= 15 is 0 Å². The Kier molecular flexibility index (Phi) is 4.78. The first-order chi connectivity index (χ1) is 10.7. The van der Waals surface area contributed by atoms with Crippen molar-refractivity contribution in [3.05, 3.63) is 18.2 Å². The minimum absolute atomic E-state index is 0.154.